The number of ether oxygens (including phenoxy) is 3. The predicted octanol–water partition coefficient (Wildman–Crippen LogP) is 3.30. The maximum atomic E-state index is 12.9. The topological polar surface area (TPSA) is 64.1 Å². The van der Waals surface area contributed by atoms with Crippen molar-refractivity contribution in [2.45, 2.75) is 19.6 Å². The molecule has 2 N–H and O–H groups in total. The molecular weight excluding hydrogens is 464 g/mol. The van der Waals surface area contributed by atoms with E-state index in [1.807, 2.05) is 25.1 Å². The molecule has 3 rings (SSSR count). The molecule has 8 heteroatoms. The van der Waals surface area contributed by atoms with Gasteiger partial charge in [0.1, 0.15) is 17.7 Å². The number of guanidine groups is 1. The van der Waals surface area contributed by atoms with Crippen molar-refractivity contribution in [1.82, 2.24) is 10.6 Å². The third-order valence-corrected chi connectivity index (χ3v) is 3.83. The van der Waals surface area contributed by atoms with E-state index in [9.17, 15) is 4.39 Å². The Morgan fingerprint density at radius 3 is 2.63 bits per heavy atom. The third-order valence-electron chi connectivity index (χ3n) is 3.83. The van der Waals surface area contributed by atoms with E-state index in [2.05, 4.69) is 15.6 Å². The van der Waals surface area contributed by atoms with Crippen molar-refractivity contribution in [3.63, 3.8) is 0 Å². The molecule has 0 spiro atoms. The molecular formula is C19H23FIN3O3. The highest BCUT2D eigenvalue weighted by Crippen LogP contribution is 2.32. The molecule has 1 unspecified atom stereocenters. The van der Waals surface area contributed by atoms with Crippen LogP contribution in [0.1, 0.15) is 12.5 Å². The van der Waals surface area contributed by atoms with Crippen molar-refractivity contribution in [3.05, 3.63) is 53.8 Å². The smallest absolute Gasteiger partial charge is 0.231 e. The number of nitrogens with zero attached hydrogens (tertiary/aromatic N) is 1. The highest BCUT2D eigenvalue weighted by Gasteiger charge is 2.13. The zero-order chi connectivity index (χ0) is 18.4. The summed E-state index contributed by atoms with van der Waals surface area (Å²) in [6.07, 6.45) is -0.107. The standard InChI is InChI=1S/C19H22FN3O3.HI/c1-13(26-16-6-4-15(20)5-7-16)10-22-19(21-2)23-11-14-3-8-17-18(9-14)25-12-24-17;/h3-9,13H,10-12H2,1-2H3,(H2,21,22,23);1H. The highest BCUT2D eigenvalue weighted by molar-refractivity contribution is 14.0. The zero-order valence-corrected chi connectivity index (χ0v) is 17.5. The van der Waals surface area contributed by atoms with Crippen molar-refractivity contribution in [2.24, 2.45) is 4.99 Å². The molecule has 27 heavy (non-hydrogen) atoms. The fourth-order valence-corrected chi connectivity index (χ4v) is 2.48. The van der Waals surface area contributed by atoms with Crippen LogP contribution >= 0.6 is 24.0 Å². The normalized spacial score (nSPS) is 13.5. The molecule has 0 aromatic heterocycles. The van der Waals surface area contributed by atoms with E-state index in [4.69, 9.17) is 14.2 Å². The van der Waals surface area contributed by atoms with Crippen LogP contribution in [-0.2, 0) is 6.54 Å². The Bertz CT molecular complexity index is 771. The monoisotopic (exact) mass is 487 g/mol. The van der Waals surface area contributed by atoms with Crippen LogP contribution in [0.2, 0.25) is 0 Å². The summed E-state index contributed by atoms with van der Waals surface area (Å²) in [6, 6.07) is 11.8. The molecule has 1 aliphatic rings. The largest absolute Gasteiger partial charge is 0.489 e. The quantitative estimate of drug-likeness (QED) is 0.372. The van der Waals surface area contributed by atoms with Crippen LogP contribution < -0.4 is 24.8 Å². The van der Waals surface area contributed by atoms with Gasteiger partial charge in [-0.05, 0) is 48.9 Å². The van der Waals surface area contributed by atoms with E-state index in [0.29, 0.717) is 24.8 Å². The van der Waals surface area contributed by atoms with Gasteiger partial charge in [0.05, 0.1) is 6.54 Å². The Kier molecular flexibility index (Phi) is 7.96. The summed E-state index contributed by atoms with van der Waals surface area (Å²) < 4.78 is 29.3. The predicted molar refractivity (Wildman–Crippen MR) is 113 cm³/mol. The number of nitrogens with one attached hydrogen (secondary N) is 2. The molecule has 1 atom stereocenters. The van der Waals surface area contributed by atoms with Gasteiger partial charge in [-0.25, -0.2) is 4.39 Å². The summed E-state index contributed by atoms with van der Waals surface area (Å²) >= 11 is 0. The third kappa shape index (κ3) is 6.16. The van der Waals surface area contributed by atoms with Crippen molar-refractivity contribution in [3.8, 4) is 17.2 Å². The van der Waals surface area contributed by atoms with Crippen molar-refractivity contribution >= 4 is 29.9 Å². The van der Waals surface area contributed by atoms with Crippen LogP contribution in [0.5, 0.6) is 17.2 Å². The summed E-state index contributed by atoms with van der Waals surface area (Å²) in [4.78, 5) is 4.20. The lowest BCUT2D eigenvalue weighted by atomic mass is 10.2. The SMILES string of the molecule is CN=C(NCc1ccc2c(c1)OCO2)NCC(C)Oc1ccc(F)cc1.I. The summed E-state index contributed by atoms with van der Waals surface area (Å²) in [5, 5.41) is 6.45. The zero-order valence-electron chi connectivity index (χ0n) is 15.2. The number of hydrogen-bond donors (Lipinski definition) is 2. The van der Waals surface area contributed by atoms with Gasteiger partial charge in [0.2, 0.25) is 6.79 Å². The molecule has 0 aliphatic carbocycles. The lowest BCUT2D eigenvalue weighted by molar-refractivity contribution is 0.174. The molecule has 0 radical (unpaired) electrons. The lowest BCUT2D eigenvalue weighted by Gasteiger charge is -2.18. The number of halogens is 2. The molecule has 0 bridgehead atoms. The van der Waals surface area contributed by atoms with E-state index >= 15 is 0 Å². The maximum Gasteiger partial charge on any atom is 0.231 e. The van der Waals surface area contributed by atoms with Crippen molar-refractivity contribution < 1.29 is 18.6 Å². The van der Waals surface area contributed by atoms with E-state index in [1.54, 1.807) is 19.2 Å². The van der Waals surface area contributed by atoms with Gasteiger partial charge >= 0.3 is 0 Å². The van der Waals surface area contributed by atoms with E-state index in [0.717, 1.165) is 17.1 Å². The molecule has 146 valence electrons. The molecule has 0 saturated carbocycles. The van der Waals surface area contributed by atoms with E-state index in [1.165, 1.54) is 12.1 Å². The van der Waals surface area contributed by atoms with Crippen LogP contribution in [0.4, 0.5) is 4.39 Å². The molecule has 0 fully saturated rings. The van der Waals surface area contributed by atoms with Crippen molar-refractivity contribution in [1.29, 1.82) is 0 Å². The van der Waals surface area contributed by atoms with E-state index < -0.39 is 0 Å². The van der Waals surface area contributed by atoms with Crippen LogP contribution in [0.15, 0.2) is 47.5 Å². The second-order valence-corrected chi connectivity index (χ2v) is 5.88. The summed E-state index contributed by atoms with van der Waals surface area (Å²) in [5.74, 6) is 2.54. The van der Waals surface area contributed by atoms with Gasteiger partial charge in [0.25, 0.3) is 0 Å². The van der Waals surface area contributed by atoms with Crippen LogP contribution in [0, 0.1) is 5.82 Å². The molecule has 0 saturated heterocycles. The fraction of sp³-hybridized carbons (Fsp3) is 0.316. The Labute approximate surface area is 175 Å². The second kappa shape index (κ2) is 10.2. The summed E-state index contributed by atoms with van der Waals surface area (Å²) in [6.45, 7) is 3.35. The molecule has 1 heterocycles. The van der Waals surface area contributed by atoms with Crippen LogP contribution in [0.3, 0.4) is 0 Å². The average molecular weight is 487 g/mol. The Balaban J connectivity index is 0.00000261. The summed E-state index contributed by atoms with van der Waals surface area (Å²) in [5.41, 5.74) is 1.06. The maximum absolute atomic E-state index is 12.9. The average Bonchev–Trinajstić information content (AvgIpc) is 3.11. The number of hydrogen-bond acceptors (Lipinski definition) is 4. The minimum atomic E-state index is -0.281. The van der Waals surface area contributed by atoms with Gasteiger partial charge in [-0.15, -0.1) is 24.0 Å². The first kappa shape index (κ1) is 21.1. The van der Waals surface area contributed by atoms with Gasteiger partial charge in [-0.1, -0.05) is 6.07 Å². The molecule has 1 aliphatic heterocycles. The Hall–Kier alpha value is -2.23. The number of benzene rings is 2. The van der Waals surface area contributed by atoms with Gasteiger partial charge < -0.3 is 24.8 Å². The van der Waals surface area contributed by atoms with Crippen molar-refractivity contribution in [2.75, 3.05) is 20.4 Å². The number of aliphatic imine (C=N–C) groups is 1. The van der Waals surface area contributed by atoms with Crippen LogP contribution in [-0.4, -0.2) is 32.4 Å². The first-order valence-electron chi connectivity index (χ1n) is 8.39. The second-order valence-electron chi connectivity index (χ2n) is 5.88. The molecule has 2 aromatic rings. The van der Waals surface area contributed by atoms with Gasteiger partial charge in [-0.2, -0.15) is 0 Å². The summed E-state index contributed by atoms with van der Waals surface area (Å²) in [7, 11) is 1.71. The Morgan fingerprint density at radius 1 is 1.15 bits per heavy atom. The van der Waals surface area contributed by atoms with E-state index in [-0.39, 0.29) is 42.7 Å². The van der Waals surface area contributed by atoms with Gasteiger partial charge in [0.15, 0.2) is 17.5 Å². The molecule has 0 amide bonds. The fourth-order valence-electron chi connectivity index (χ4n) is 2.48. The lowest BCUT2D eigenvalue weighted by Crippen LogP contribution is -2.41. The first-order chi connectivity index (χ1) is 12.6. The van der Waals surface area contributed by atoms with Gasteiger partial charge in [0, 0.05) is 13.6 Å². The van der Waals surface area contributed by atoms with Gasteiger partial charge in [-0.3, -0.25) is 4.99 Å². The highest BCUT2D eigenvalue weighted by atomic mass is 127. The minimum Gasteiger partial charge on any atom is -0.489 e. The Morgan fingerprint density at radius 2 is 1.89 bits per heavy atom. The molecule has 6 nitrogen and oxygen atoms in total. The molecule has 2 aromatic carbocycles. The number of rotatable bonds is 6. The first-order valence-corrected chi connectivity index (χ1v) is 8.39. The number of fused-ring (bicyclic) bond motifs is 1. The van der Waals surface area contributed by atoms with Crippen LogP contribution in [0.25, 0.3) is 0 Å². The minimum absolute atomic E-state index is 0.